The number of fused-ring (bicyclic) bond motifs is 1. The van der Waals surface area contributed by atoms with Crippen LogP contribution in [0, 0.1) is 0 Å². The normalized spacial score (nSPS) is 23.5. The molecule has 2 heterocycles. The smallest absolute Gasteiger partial charge is 0.414 e. The van der Waals surface area contributed by atoms with Gasteiger partial charge in [-0.1, -0.05) is 6.07 Å². The highest BCUT2D eigenvalue weighted by molar-refractivity contribution is 5.89. The van der Waals surface area contributed by atoms with Crippen LogP contribution in [0.15, 0.2) is 18.2 Å². The molecule has 0 spiro atoms. The largest absolute Gasteiger partial charge is 0.444 e. The highest BCUT2D eigenvalue weighted by Gasteiger charge is 2.29. The van der Waals surface area contributed by atoms with Crippen LogP contribution in [-0.2, 0) is 17.7 Å². The summed E-state index contributed by atoms with van der Waals surface area (Å²) >= 11 is 0. The lowest BCUT2D eigenvalue weighted by molar-refractivity contribution is 0.150. The molecule has 1 atom stereocenters. The molecule has 1 N–H and O–H groups in total. The Morgan fingerprint density at radius 1 is 1.39 bits per heavy atom. The van der Waals surface area contributed by atoms with Gasteiger partial charge in [0.25, 0.3) is 0 Å². The Kier molecular flexibility index (Phi) is 2.96. The summed E-state index contributed by atoms with van der Waals surface area (Å²) in [5, 5.41) is 3.40. The average molecular weight is 246 g/mol. The van der Waals surface area contributed by atoms with Gasteiger partial charge >= 0.3 is 6.09 Å². The summed E-state index contributed by atoms with van der Waals surface area (Å²) in [6.45, 7) is 4.56. The Hall–Kier alpha value is -1.55. The van der Waals surface area contributed by atoms with Crippen LogP contribution in [0.5, 0.6) is 0 Å². The van der Waals surface area contributed by atoms with E-state index in [9.17, 15) is 4.79 Å². The molecule has 0 radical (unpaired) electrons. The first-order valence-electron chi connectivity index (χ1n) is 6.55. The molecule has 2 aliphatic heterocycles. The van der Waals surface area contributed by atoms with Gasteiger partial charge in [0.2, 0.25) is 0 Å². The number of carbonyl (C=O) groups excluding carboxylic acids is 1. The molecule has 1 fully saturated rings. The number of carbonyl (C=O) groups is 1. The molecule has 3 rings (SSSR count). The summed E-state index contributed by atoms with van der Waals surface area (Å²) in [6.07, 6.45) is 1.98. The first-order valence-corrected chi connectivity index (χ1v) is 6.55. The molecule has 1 amide bonds. The maximum Gasteiger partial charge on any atom is 0.414 e. The number of ether oxygens (including phenoxy) is 1. The Balaban J connectivity index is 1.90. The van der Waals surface area contributed by atoms with E-state index in [0.29, 0.717) is 6.54 Å². The minimum Gasteiger partial charge on any atom is -0.444 e. The zero-order valence-electron chi connectivity index (χ0n) is 10.6. The molecule has 1 aromatic rings. The van der Waals surface area contributed by atoms with Crippen molar-refractivity contribution in [1.82, 2.24) is 5.32 Å². The van der Waals surface area contributed by atoms with Gasteiger partial charge in [-0.15, -0.1) is 0 Å². The Morgan fingerprint density at radius 3 is 3.06 bits per heavy atom. The van der Waals surface area contributed by atoms with E-state index in [2.05, 4.69) is 17.4 Å². The topological polar surface area (TPSA) is 41.6 Å². The van der Waals surface area contributed by atoms with Gasteiger partial charge in [0.05, 0.1) is 6.54 Å². The van der Waals surface area contributed by atoms with Gasteiger partial charge in [-0.2, -0.15) is 0 Å². The number of amides is 1. The van der Waals surface area contributed by atoms with E-state index < -0.39 is 0 Å². The highest BCUT2D eigenvalue weighted by atomic mass is 16.6. The second kappa shape index (κ2) is 4.61. The lowest BCUT2D eigenvalue weighted by Gasteiger charge is -2.15. The van der Waals surface area contributed by atoms with Gasteiger partial charge in [-0.25, -0.2) is 4.79 Å². The number of rotatable bonds is 1. The monoisotopic (exact) mass is 246 g/mol. The van der Waals surface area contributed by atoms with Crippen LogP contribution in [0.25, 0.3) is 0 Å². The number of anilines is 1. The molecule has 18 heavy (non-hydrogen) atoms. The first-order chi connectivity index (χ1) is 8.74. The van der Waals surface area contributed by atoms with Crippen molar-refractivity contribution in [3.63, 3.8) is 0 Å². The van der Waals surface area contributed by atoms with E-state index in [-0.39, 0.29) is 12.2 Å². The quantitative estimate of drug-likeness (QED) is 0.824. The third kappa shape index (κ3) is 2.08. The number of nitrogens with one attached hydrogen (secondary N) is 1. The highest BCUT2D eigenvalue weighted by Crippen LogP contribution is 2.25. The van der Waals surface area contributed by atoms with Crippen LogP contribution in [-0.4, -0.2) is 25.3 Å². The van der Waals surface area contributed by atoms with Crippen LogP contribution in [0.2, 0.25) is 0 Å². The second-order valence-electron chi connectivity index (χ2n) is 5.04. The van der Waals surface area contributed by atoms with Gasteiger partial charge < -0.3 is 10.1 Å². The second-order valence-corrected chi connectivity index (χ2v) is 5.04. The molecule has 1 aromatic carbocycles. The Bertz CT molecular complexity index is 473. The predicted molar refractivity (Wildman–Crippen MR) is 69.8 cm³/mol. The molecular formula is C14H18N2O2. The van der Waals surface area contributed by atoms with Crippen molar-refractivity contribution in [3.8, 4) is 0 Å². The molecule has 1 saturated heterocycles. The molecule has 1 unspecified atom stereocenters. The fourth-order valence-corrected chi connectivity index (χ4v) is 2.63. The summed E-state index contributed by atoms with van der Waals surface area (Å²) in [4.78, 5) is 13.4. The van der Waals surface area contributed by atoms with Crippen molar-refractivity contribution < 1.29 is 9.53 Å². The van der Waals surface area contributed by atoms with Gasteiger partial charge in [0.15, 0.2) is 0 Å². The number of nitrogens with zero attached hydrogens (tertiary/aromatic N) is 1. The summed E-state index contributed by atoms with van der Waals surface area (Å²) in [7, 11) is 0. The van der Waals surface area contributed by atoms with Crippen molar-refractivity contribution in [3.05, 3.63) is 29.3 Å². The van der Waals surface area contributed by atoms with E-state index in [0.717, 1.165) is 31.6 Å². The molecule has 0 aromatic heterocycles. The van der Waals surface area contributed by atoms with Crippen molar-refractivity contribution in [2.24, 2.45) is 0 Å². The third-order valence-electron chi connectivity index (χ3n) is 3.58. The van der Waals surface area contributed by atoms with E-state index in [1.165, 1.54) is 11.1 Å². The van der Waals surface area contributed by atoms with E-state index >= 15 is 0 Å². The van der Waals surface area contributed by atoms with Crippen LogP contribution in [0.3, 0.4) is 0 Å². The van der Waals surface area contributed by atoms with E-state index in [1.807, 2.05) is 13.0 Å². The molecule has 0 bridgehead atoms. The van der Waals surface area contributed by atoms with Gasteiger partial charge in [0, 0.05) is 12.2 Å². The minimum absolute atomic E-state index is 0.0158. The fourth-order valence-electron chi connectivity index (χ4n) is 2.63. The predicted octanol–water partition coefficient (Wildman–Crippen LogP) is 2.07. The Labute approximate surface area is 107 Å². The molecule has 2 aliphatic rings. The van der Waals surface area contributed by atoms with Crippen molar-refractivity contribution in [1.29, 1.82) is 0 Å². The summed E-state index contributed by atoms with van der Waals surface area (Å²) in [6, 6.07) is 6.28. The zero-order valence-corrected chi connectivity index (χ0v) is 10.6. The fraction of sp³-hybridized carbons (Fsp3) is 0.500. The van der Waals surface area contributed by atoms with Crippen molar-refractivity contribution >= 4 is 11.8 Å². The molecular weight excluding hydrogens is 228 g/mol. The molecule has 4 heteroatoms. The van der Waals surface area contributed by atoms with Crippen molar-refractivity contribution in [2.75, 3.05) is 18.0 Å². The summed E-state index contributed by atoms with van der Waals surface area (Å²) < 4.78 is 5.17. The lowest BCUT2D eigenvalue weighted by Crippen LogP contribution is -2.24. The zero-order chi connectivity index (χ0) is 12.5. The molecule has 0 saturated carbocycles. The van der Waals surface area contributed by atoms with Crippen LogP contribution in [0.1, 0.15) is 24.5 Å². The number of hydrogen-bond acceptors (Lipinski definition) is 3. The molecule has 4 nitrogen and oxygen atoms in total. The van der Waals surface area contributed by atoms with Crippen LogP contribution in [0.4, 0.5) is 10.5 Å². The minimum atomic E-state index is -0.228. The van der Waals surface area contributed by atoms with E-state index in [4.69, 9.17) is 4.74 Å². The number of benzene rings is 1. The third-order valence-corrected chi connectivity index (χ3v) is 3.58. The van der Waals surface area contributed by atoms with Crippen LogP contribution < -0.4 is 10.2 Å². The number of cyclic esters (lactones) is 1. The standard InChI is InChI=1S/C14H18N2O2/c1-10-9-16(14(17)18-10)13-5-4-12-8-15-6-2-3-11(12)7-13/h4-5,7,10,15H,2-3,6,8-9H2,1H3. The summed E-state index contributed by atoms with van der Waals surface area (Å²) in [5.74, 6) is 0. The SMILES string of the molecule is CC1CN(c2ccc3c(c2)CCCNC3)C(=O)O1. The number of aryl methyl sites for hydroxylation is 1. The lowest BCUT2D eigenvalue weighted by atomic mass is 10.0. The van der Waals surface area contributed by atoms with Gasteiger partial charge in [0.1, 0.15) is 6.10 Å². The Morgan fingerprint density at radius 2 is 2.28 bits per heavy atom. The summed E-state index contributed by atoms with van der Waals surface area (Å²) in [5.41, 5.74) is 3.66. The van der Waals surface area contributed by atoms with E-state index in [1.54, 1.807) is 4.90 Å². The van der Waals surface area contributed by atoms with Gasteiger partial charge in [-0.05, 0) is 49.6 Å². The van der Waals surface area contributed by atoms with Gasteiger partial charge in [-0.3, -0.25) is 4.90 Å². The average Bonchev–Trinajstić information content (AvgIpc) is 2.58. The first kappa shape index (κ1) is 11.5. The van der Waals surface area contributed by atoms with Crippen molar-refractivity contribution in [2.45, 2.75) is 32.4 Å². The molecule has 96 valence electrons. The number of hydrogen-bond donors (Lipinski definition) is 1. The maximum absolute atomic E-state index is 11.7. The maximum atomic E-state index is 11.7. The van der Waals surface area contributed by atoms with Crippen LogP contribution >= 0.6 is 0 Å². The molecule has 0 aliphatic carbocycles.